The second-order valence-electron chi connectivity index (χ2n) is 7.05. The van der Waals surface area contributed by atoms with Crippen molar-refractivity contribution in [3.8, 4) is 0 Å². The average molecular weight is 386 g/mol. The predicted molar refractivity (Wildman–Crippen MR) is 93.8 cm³/mol. The molecule has 2 aliphatic rings. The summed E-state index contributed by atoms with van der Waals surface area (Å²) in [4.78, 5) is 23.8. The van der Waals surface area contributed by atoms with E-state index in [0.717, 1.165) is 5.56 Å². The summed E-state index contributed by atoms with van der Waals surface area (Å²) in [6.07, 6.45) is -2.25. The monoisotopic (exact) mass is 386 g/mol. The number of nitro benzene ring substituents is 1. The third-order valence-electron chi connectivity index (χ3n) is 5.00. The zero-order valence-electron chi connectivity index (χ0n) is 14.6. The van der Waals surface area contributed by atoms with Crippen molar-refractivity contribution < 1.29 is 22.9 Å². The summed E-state index contributed by atoms with van der Waals surface area (Å²) in [5, 5.41) is 17.1. The Hall–Kier alpha value is -2.36. The molecule has 0 aromatic heterocycles. The number of rotatable bonds is 5. The van der Waals surface area contributed by atoms with Gasteiger partial charge in [0, 0.05) is 24.7 Å². The van der Waals surface area contributed by atoms with Crippen molar-refractivity contribution in [2.45, 2.75) is 31.9 Å². The van der Waals surface area contributed by atoms with E-state index < -0.39 is 17.6 Å². The summed E-state index contributed by atoms with van der Waals surface area (Å²) in [7, 11) is 0. The fourth-order valence-corrected chi connectivity index (χ4v) is 3.56. The number of hydrogen-bond acceptors (Lipinski definition) is 5. The van der Waals surface area contributed by atoms with E-state index in [1.165, 1.54) is 11.0 Å². The molecule has 0 saturated carbocycles. The lowest BCUT2D eigenvalue weighted by Gasteiger charge is -2.32. The second kappa shape index (κ2) is 7.71. The number of fused-ring (bicyclic) bond motifs is 1. The highest BCUT2D eigenvalue weighted by molar-refractivity contribution is 5.95. The molecule has 0 aliphatic carbocycles. The molecule has 7 nitrogen and oxygen atoms in total. The normalized spacial score (nSPS) is 18.7. The highest BCUT2D eigenvalue weighted by Gasteiger charge is 2.32. The molecule has 0 bridgehead atoms. The number of nitro groups is 1. The number of hydrogen-bond donors (Lipinski definition) is 2. The highest BCUT2D eigenvalue weighted by Crippen LogP contribution is 2.34. The van der Waals surface area contributed by atoms with Gasteiger partial charge in [0.05, 0.1) is 11.5 Å². The molecule has 1 amide bonds. The van der Waals surface area contributed by atoms with Crippen LogP contribution in [0.15, 0.2) is 12.1 Å². The SMILES string of the molecule is O=C1CCc2cc([N+](=O)[O-])c(NCC3CCN(CC(F)(F)F)CC3)cc2N1. The number of amides is 1. The first-order valence-electron chi connectivity index (χ1n) is 8.85. The molecule has 1 saturated heterocycles. The summed E-state index contributed by atoms with van der Waals surface area (Å²) in [6.45, 7) is 0.249. The number of carbonyl (C=O) groups excluding carboxylic acids is 1. The largest absolute Gasteiger partial charge is 0.401 e. The first kappa shape index (κ1) is 19.4. The number of nitrogens with one attached hydrogen (secondary N) is 2. The number of nitrogens with zero attached hydrogens (tertiary/aromatic N) is 2. The molecule has 1 aromatic carbocycles. The number of aryl methyl sites for hydroxylation is 1. The van der Waals surface area contributed by atoms with Crippen LogP contribution in [0.3, 0.4) is 0 Å². The second-order valence-corrected chi connectivity index (χ2v) is 7.05. The maximum atomic E-state index is 12.4. The van der Waals surface area contributed by atoms with Crippen LogP contribution in [-0.4, -0.2) is 48.1 Å². The number of halogens is 3. The van der Waals surface area contributed by atoms with Crippen LogP contribution in [0.5, 0.6) is 0 Å². The number of benzene rings is 1. The van der Waals surface area contributed by atoms with Crippen molar-refractivity contribution >= 4 is 23.0 Å². The Morgan fingerprint density at radius 1 is 1.26 bits per heavy atom. The Labute approximate surface area is 154 Å². The van der Waals surface area contributed by atoms with Gasteiger partial charge in [-0.05, 0) is 49.9 Å². The fraction of sp³-hybridized carbons (Fsp3) is 0.588. The Morgan fingerprint density at radius 3 is 2.59 bits per heavy atom. The van der Waals surface area contributed by atoms with Crippen molar-refractivity contribution in [1.82, 2.24) is 4.90 Å². The molecule has 27 heavy (non-hydrogen) atoms. The van der Waals surface area contributed by atoms with Crippen molar-refractivity contribution in [3.63, 3.8) is 0 Å². The number of anilines is 2. The fourth-order valence-electron chi connectivity index (χ4n) is 3.56. The molecular formula is C17H21F3N4O3. The molecule has 3 rings (SSSR count). The van der Waals surface area contributed by atoms with Crippen LogP contribution in [0.4, 0.5) is 30.2 Å². The zero-order valence-corrected chi connectivity index (χ0v) is 14.6. The molecule has 1 fully saturated rings. The number of carbonyl (C=O) groups is 1. The minimum absolute atomic E-state index is 0.0561. The zero-order chi connectivity index (χ0) is 19.6. The summed E-state index contributed by atoms with van der Waals surface area (Å²) in [5.41, 5.74) is 1.56. The summed E-state index contributed by atoms with van der Waals surface area (Å²) < 4.78 is 37.3. The molecule has 2 aliphatic heterocycles. The standard InChI is InChI=1S/C17H21F3N4O3/c18-17(19,20)10-23-5-3-11(4-6-23)9-21-14-8-13-12(1-2-16(25)22-13)7-15(14)24(26)27/h7-8,11,21H,1-6,9-10H2,(H,22,25). The van der Waals surface area contributed by atoms with Crippen molar-refractivity contribution in [3.05, 3.63) is 27.8 Å². The van der Waals surface area contributed by atoms with Crippen LogP contribution < -0.4 is 10.6 Å². The molecule has 0 unspecified atom stereocenters. The molecular weight excluding hydrogens is 365 g/mol. The van der Waals surface area contributed by atoms with Gasteiger partial charge in [0.15, 0.2) is 0 Å². The van der Waals surface area contributed by atoms with E-state index in [1.807, 2.05) is 0 Å². The molecule has 148 valence electrons. The molecule has 0 spiro atoms. The van der Waals surface area contributed by atoms with Crippen LogP contribution in [0.25, 0.3) is 0 Å². The summed E-state index contributed by atoms with van der Waals surface area (Å²) in [5.74, 6) is 0.0130. The Balaban J connectivity index is 1.62. The molecule has 10 heteroatoms. The van der Waals surface area contributed by atoms with E-state index in [4.69, 9.17) is 0 Å². The Morgan fingerprint density at radius 2 is 1.96 bits per heavy atom. The quantitative estimate of drug-likeness (QED) is 0.600. The van der Waals surface area contributed by atoms with Crippen LogP contribution >= 0.6 is 0 Å². The maximum Gasteiger partial charge on any atom is 0.401 e. The van der Waals surface area contributed by atoms with E-state index in [2.05, 4.69) is 10.6 Å². The third kappa shape index (κ3) is 5.09. The van der Waals surface area contributed by atoms with E-state index in [0.29, 0.717) is 56.7 Å². The van der Waals surface area contributed by atoms with Crippen LogP contribution in [-0.2, 0) is 11.2 Å². The molecule has 0 atom stereocenters. The van der Waals surface area contributed by atoms with Gasteiger partial charge in [-0.3, -0.25) is 19.8 Å². The number of likely N-dealkylation sites (tertiary alicyclic amines) is 1. The van der Waals surface area contributed by atoms with Gasteiger partial charge in [0.1, 0.15) is 5.69 Å². The summed E-state index contributed by atoms with van der Waals surface area (Å²) >= 11 is 0. The Kier molecular flexibility index (Phi) is 5.54. The minimum atomic E-state index is -4.20. The van der Waals surface area contributed by atoms with Crippen molar-refractivity contribution in [1.29, 1.82) is 0 Å². The van der Waals surface area contributed by atoms with Gasteiger partial charge in [-0.2, -0.15) is 13.2 Å². The van der Waals surface area contributed by atoms with Gasteiger partial charge in [-0.1, -0.05) is 0 Å². The lowest BCUT2D eigenvalue weighted by Crippen LogP contribution is -2.41. The number of alkyl halides is 3. The lowest BCUT2D eigenvalue weighted by atomic mass is 9.96. The van der Waals surface area contributed by atoms with Gasteiger partial charge in [-0.15, -0.1) is 0 Å². The van der Waals surface area contributed by atoms with Crippen LogP contribution in [0.2, 0.25) is 0 Å². The maximum absolute atomic E-state index is 12.4. The molecule has 2 N–H and O–H groups in total. The van der Waals surface area contributed by atoms with Gasteiger partial charge in [-0.25, -0.2) is 0 Å². The lowest BCUT2D eigenvalue weighted by molar-refractivity contribution is -0.384. The first-order valence-corrected chi connectivity index (χ1v) is 8.85. The predicted octanol–water partition coefficient (Wildman–Crippen LogP) is 3.17. The summed E-state index contributed by atoms with van der Waals surface area (Å²) in [6, 6.07) is 3.05. The van der Waals surface area contributed by atoms with Crippen molar-refractivity contribution in [2.75, 3.05) is 36.8 Å². The topological polar surface area (TPSA) is 87.5 Å². The molecule has 1 aromatic rings. The van der Waals surface area contributed by atoms with Crippen molar-refractivity contribution in [2.24, 2.45) is 5.92 Å². The minimum Gasteiger partial charge on any atom is -0.379 e. The van der Waals surface area contributed by atoms with Gasteiger partial charge in [0.2, 0.25) is 5.91 Å². The van der Waals surface area contributed by atoms with E-state index >= 15 is 0 Å². The van der Waals surface area contributed by atoms with Crippen LogP contribution in [0, 0.1) is 16.0 Å². The van der Waals surface area contributed by atoms with E-state index in [1.54, 1.807) is 6.07 Å². The smallest absolute Gasteiger partial charge is 0.379 e. The van der Waals surface area contributed by atoms with Gasteiger partial charge < -0.3 is 10.6 Å². The average Bonchev–Trinajstić information content (AvgIpc) is 2.58. The van der Waals surface area contributed by atoms with Gasteiger partial charge >= 0.3 is 6.18 Å². The third-order valence-corrected chi connectivity index (χ3v) is 5.00. The highest BCUT2D eigenvalue weighted by atomic mass is 19.4. The van der Waals surface area contributed by atoms with E-state index in [-0.39, 0.29) is 17.5 Å². The van der Waals surface area contributed by atoms with E-state index in [9.17, 15) is 28.1 Å². The number of piperidine rings is 1. The molecule has 2 heterocycles. The Bertz CT molecular complexity index is 731. The first-order chi connectivity index (χ1) is 12.7. The van der Waals surface area contributed by atoms with Gasteiger partial charge in [0.25, 0.3) is 5.69 Å². The molecule has 0 radical (unpaired) electrons. The van der Waals surface area contributed by atoms with Crippen LogP contribution in [0.1, 0.15) is 24.8 Å².